The molecule has 0 amide bonds. The van der Waals surface area contributed by atoms with E-state index in [0.717, 1.165) is 16.1 Å². The van der Waals surface area contributed by atoms with E-state index in [1.54, 1.807) is 24.3 Å². The van der Waals surface area contributed by atoms with Gasteiger partial charge in [0.05, 0.1) is 11.4 Å². The quantitative estimate of drug-likeness (QED) is 0.673. The smallest absolute Gasteiger partial charge is 0.190 e. The molecule has 0 fully saturated rings. The van der Waals surface area contributed by atoms with E-state index >= 15 is 0 Å². The molecule has 0 unspecified atom stereocenters. The Bertz CT molecular complexity index is 815. The number of benzene rings is 2. The minimum absolute atomic E-state index is 0.257. The molecule has 106 valence electrons. The highest BCUT2D eigenvalue weighted by atomic mass is 32.1. The lowest BCUT2D eigenvalue weighted by atomic mass is 10.2. The minimum Gasteiger partial charge on any atom is -0.320 e. The van der Waals surface area contributed by atoms with Crippen molar-refractivity contribution in [3.8, 4) is 11.3 Å². The van der Waals surface area contributed by atoms with E-state index in [1.807, 2.05) is 17.0 Å². The lowest BCUT2D eigenvalue weighted by Gasteiger charge is -2.02. The van der Waals surface area contributed by atoms with Gasteiger partial charge in [-0.25, -0.2) is 13.8 Å². The lowest BCUT2D eigenvalue weighted by molar-refractivity contribution is 0.627. The fraction of sp³-hybridized carbons (Fsp3) is 0.0625. The summed E-state index contributed by atoms with van der Waals surface area (Å²) in [5, 5.41) is 1.97. The monoisotopic (exact) mass is 302 g/mol. The highest BCUT2D eigenvalue weighted by molar-refractivity contribution is 7.07. The summed E-state index contributed by atoms with van der Waals surface area (Å²) in [6.07, 6.45) is 0. The molecule has 0 bridgehead atoms. The van der Waals surface area contributed by atoms with Crippen molar-refractivity contribution in [2.75, 3.05) is 0 Å². The second-order valence-corrected chi connectivity index (χ2v) is 5.39. The summed E-state index contributed by atoms with van der Waals surface area (Å²) >= 11 is 1.48. The molecule has 0 N–H and O–H groups in total. The van der Waals surface area contributed by atoms with E-state index in [9.17, 15) is 8.78 Å². The van der Waals surface area contributed by atoms with E-state index in [-0.39, 0.29) is 11.6 Å². The molecule has 5 heteroatoms. The predicted molar refractivity (Wildman–Crippen MR) is 80.3 cm³/mol. The molecule has 0 aliphatic heterocycles. The van der Waals surface area contributed by atoms with Crippen molar-refractivity contribution in [1.82, 2.24) is 4.57 Å². The van der Waals surface area contributed by atoms with Crippen molar-refractivity contribution in [2.45, 2.75) is 0 Å². The Morgan fingerprint density at radius 2 is 1.48 bits per heavy atom. The molecule has 3 rings (SSSR count). The zero-order chi connectivity index (χ0) is 14.8. The van der Waals surface area contributed by atoms with Crippen molar-refractivity contribution in [3.05, 3.63) is 70.3 Å². The predicted octanol–water partition coefficient (Wildman–Crippen LogP) is 4.26. The molecular weight excluding hydrogens is 290 g/mol. The third-order valence-corrected chi connectivity index (χ3v) is 4.03. The van der Waals surface area contributed by atoms with Crippen molar-refractivity contribution in [1.29, 1.82) is 0 Å². The average molecular weight is 302 g/mol. The van der Waals surface area contributed by atoms with E-state index in [4.69, 9.17) is 0 Å². The molecule has 0 aliphatic carbocycles. The number of hydrogen-bond acceptors (Lipinski definition) is 2. The van der Waals surface area contributed by atoms with Crippen LogP contribution in [-0.2, 0) is 7.05 Å². The summed E-state index contributed by atoms with van der Waals surface area (Å²) in [6.45, 7) is 0. The molecule has 0 spiro atoms. The summed E-state index contributed by atoms with van der Waals surface area (Å²) in [4.78, 5) is 5.28. The largest absolute Gasteiger partial charge is 0.320 e. The molecule has 0 saturated heterocycles. The van der Waals surface area contributed by atoms with Crippen molar-refractivity contribution < 1.29 is 8.78 Å². The van der Waals surface area contributed by atoms with Crippen LogP contribution in [0.25, 0.3) is 11.3 Å². The van der Waals surface area contributed by atoms with Gasteiger partial charge in [-0.2, -0.15) is 0 Å². The SMILES string of the molecule is Cn1c(-c2ccc(F)cc2)csc1=Nc1ccc(F)cc1. The van der Waals surface area contributed by atoms with Gasteiger partial charge < -0.3 is 4.57 Å². The normalized spacial score (nSPS) is 11.9. The van der Waals surface area contributed by atoms with Gasteiger partial charge in [0.1, 0.15) is 11.6 Å². The Kier molecular flexibility index (Phi) is 3.66. The Balaban J connectivity index is 2.02. The van der Waals surface area contributed by atoms with Crippen LogP contribution in [0.3, 0.4) is 0 Å². The van der Waals surface area contributed by atoms with Gasteiger partial charge in [0.25, 0.3) is 0 Å². The first-order valence-corrected chi connectivity index (χ1v) is 7.22. The van der Waals surface area contributed by atoms with Crippen LogP contribution < -0.4 is 4.80 Å². The van der Waals surface area contributed by atoms with Crippen LogP contribution in [0.1, 0.15) is 0 Å². The van der Waals surface area contributed by atoms with Crippen molar-refractivity contribution in [2.24, 2.45) is 12.0 Å². The number of thiazole rings is 1. The van der Waals surface area contributed by atoms with E-state index in [2.05, 4.69) is 4.99 Å². The Hall–Kier alpha value is -2.27. The lowest BCUT2D eigenvalue weighted by Crippen LogP contribution is -2.10. The van der Waals surface area contributed by atoms with Crippen LogP contribution in [0.15, 0.2) is 58.9 Å². The third kappa shape index (κ3) is 2.92. The van der Waals surface area contributed by atoms with Gasteiger partial charge in [-0.15, -0.1) is 11.3 Å². The van der Waals surface area contributed by atoms with Crippen LogP contribution in [-0.4, -0.2) is 4.57 Å². The molecule has 1 heterocycles. The minimum atomic E-state index is -0.281. The fourth-order valence-corrected chi connectivity index (χ4v) is 2.91. The Morgan fingerprint density at radius 1 is 0.905 bits per heavy atom. The first kappa shape index (κ1) is 13.7. The van der Waals surface area contributed by atoms with Gasteiger partial charge in [0, 0.05) is 12.4 Å². The van der Waals surface area contributed by atoms with Gasteiger partial charge in [0.2, 0.25) is 0 Å². The van der Waals surface area contributed by atoms with Gasteiger partial charge in [-0.3, -0.25) is 0 Å². The number of halogens is 2. The van der Waals surface area contributed by atoms with E-state index in [1.165, 1.54) is 35.6 Å². The van der Waals surface area contributed by atoms with Gasteiger partial charge in [-0.05, 0) is 54.1 Å². The van der Waals surface area contributed by atoms with E-state index < -0.39 is 0 Å². The second-order valence-electron chi connectivity index (χ2n) is 4.56. The van der Waals surface area contributed by atoms with Crippen LogP contribution in [0.4, 0.5) is 14.5 Å². The van der Waals surface area contributed by atoms with Crippen LogP contribution in [0.2, 0.25) is 0 Å². The highest BCUT2D eigenvalue weighted by Gasteiger charge is 2.05. The molecule has 0 radical (unpaired) electrons. The van der Waals surface area contributed by atoms with Crippen molar-refractivity contribution in [3.63, 3.8) is 0 Å². The number of rotatable bonds is 2. The molecule has 3 aromatic rings. The topological polar surface area (TPSA) is 17.3 Å². The molecule has 0 atom stereocenters. The third-order valence-electron chi connectivity index (χ3n) is 3.12. The van der Waals surface area contributed by atoms with Gasteiger partial charge in [-0.1, -0.05) is 0 Å². The second kappa shape index (κ2) is 5.61. The summed E-state index contributed by atoms with van der Waals surface area (Å²) in [5.74, 6) is -0.538. The molecule has 2 nitrogen and oxygen atoms in total. The van der Waals surface area contributed by atoms with Crippen LogP contribution >= 0.6 is 11.3 Å². The summed E-state index contributed by atoms with van der Waals surface area (Å²) in [5.41, 5.74) is 2.58. The first-order valence-electron chi connectivity index (χ1n) is 6.34. The fourth-order valence-electron chi connectivity index (χ4n) is 1.98. The molecule has 0 saturated carbocycles. The molecule has 21 heavy (non-hydrogen) atoms. The Morgan fingerprint density at radius 3 is 2.10 bits per heavy atom. The van der Waals surface area contributed by atoms with Crippen LogP contribution in [0, 0.1) is 11.6 Å². The zero-order valence-electron chi connectivity index (χ0n) is 11.3. The van der Waals surface area contributed by atoms with Crippen LogP contribution in [0.5, 0.6) is 0 Å². The maximum Gasteiger partial charge on any atom is 0.190 e. The molecule has 0 aliphatic rings. The molecule has 1 aromatic heterocycles. The summed E-state index contributed by atoms with van der Waals surface area (Å²) in [7, 11) is 1.90. The maximum absolute atomic E-state index is 13.0. The summed E-state index contributed by atoms with van der Waals surface area (Å²) in [6, 6.07) is 12.4. The number of nitrogens with zero attached hydrogens (tertiary/aromatic N) is 2. The standard InChI is InChI=1S/C16H12F2N2S/c1-20-15(11-2-4-12(17)5-3-11)10-21-16(20)19-14-8-6-13(18)7-9-14/h2-10H,1H3. The van der Waals surface area contributed by atoms with E-state index in [0.29, 0.717) is 5.69 Å². The maximum atomic E-state index is 13.0. The number of aromatic nitrogens is 1. The van der Waals surface area contributed by atoms with Gasteiger partial charge in [0.15, 0.2) is 4.80 Å². The number of hydrogen-bond donors (Lipinski definition) is 0. The summed E-state index contributed by atoms with van der Waals surface area (Å²) < 4.78 is 27.8. The first-order chi connectivity index (χ1) is 10.1. The average Bonchev–Trinajstić information content (AvgIpc) is 2.84. The van der Waals surface area contributed by atoms with Crippen molar-refractivity contribution >= 4 is 17.0 Å². The molecular formula is C16H12F2N2S. The molecule has 2 aromatic carbocycles. The Labute approximate surface area is 124 Å². The van der Waals surface area contributed by atoms with Gasteiger partial charge >= 0.3 is 0 Å². The highest BCUT2D eigenvalue weighted by Crippen LogP contribution is 2.20. The zero-order valence-corrected chi connectivity index (χ0v) is 12.1.